The monoisotopic (exact) mass is 319 g/mol. The maximum atomic E-state index is 11.0. The van der Waals surface area contributed by atoms with Crippen molar-refractivity contribution in [1.82, 2.24) is 4.90 Å². The Bertz CT molecular complexity index is 323. The average molecular weight is 320 g/mol. The third-order valence-electron chi connectivity index (χ3n) is 3.63. The normalized spacial score (nSPS) is 19.2. The molecule has 0 amide bonds. The highest BCUT2D eigenvalue weighted by molar-refractivity contribution is 6.19. The first kappa shape index (κ1) is 20.4. The molecule has 21 heavy (non-hydrogen) atoms. The summed E-state index contributed by atoms with van der Waals surface area (Å²) in [7, 11) is 0. The van der Waals surface area contributed by atoms with Crippen molar-refractivity contribution in [3.8, 4) is 0 Å². The number of carbonyl (C=O) groups is 2. The number of carbonyl (C=O) groups excluding carboxylic acids is 2. The molecule has 1 saturated heterocycles. The van der Waals surface area contributed by atoms with Gasteiger partial charge in [-0.3, -0.25) is 9.69 Å². The summed E-state index contributed by atoms with van der Waals surface area (Å²) in [6, 6.07) is 0. The van der Waals surface area contributed by atoms with Crippen LogP contribution in [-0.4, -0.2) is 47.8 Å². The van der Waals surface area contributed by atoms with Crippen LogP contribution in [0.4, 0.5) is 0 Å². The van der Waals surface area contributed by atoms with Gasteiger partial charge in [0.1, 0.15) is 11.9 Å². The van der Waals surface area contributed by atoms with E-state index in [0.29, 0.717) is 12.4 Å². The third kappa shape index (κ3) is 7.82. The fraction of sp³-hybridized carbons (Fsp3) is 0.875. The van der Waals surface area contributed by atoms with Gasteiger partial charge in [-0.05, 0) is 67.5 Å². The van der Waals surface area contributed by atoms with Gasteiger partial charge in [-0.2, -0.15) is 0 Å². The molecule has 0 atom stereocenters. The fourth-order valence-electron chi connectivity index (χ4n) is 2.05. The SMILES string of the molecule is CC(C)(C)N1CCC(C=O)(CCl)CC1.CC(C)(C)OC=O. The Hall–Kier alpha value is -0.610. The molecule has 0 bridgehead atoms. The molecule has 0 aromatic carbocycles. The van der Waals surface area contributed by atoms with Crippen LogP contribution in [0.1, 0.15) is 54.4 Å². The number of alkyl halides is 1. The molecule has 0 spiro atoms. The molecule has 0 N–H and O–H groups in total. The van der Waals surface area contributed by atoms with Crippen LogP contribution in [0.3, 0.4) is 0 Å². The van der Waals surface area contributed by atoms with Crippen LogP contribution in [0.5, 0.6) is 0 Å². The van der Waals surface area contributed by atoms with Crippen LogP contribution >= 0.6 is 11.6 Å². The van der Waals surface area contributed by atoms with Gasteiger partial charge < -0.3 is 9.53 Å². The molecule has 1 fully saturated rings. The highest BCUT2D eigenvalue weighted by Gasteiger charge is 2.36. The standard InChI is InChI=1S/C11H20ClNO.C5H10O2/c1-10(2,3)13-6-4-11(8-12,9-14)5-7-13;1-5(2,3)7-4-6/h9H,4-8H2,1-3H3;4H,1-3H3. The second kappa shape index (κ2) is 8.14. The quantitative estimate of drug-likeness (QED) is 0.591. The molecular formula is C16H30ClNO3. The van der Waals surface area contributed by atoms with Crippen molar-refractivity contribution in [2.45, 2.75) is 65.5 Å². The molecule has 1 heterocycles. The van der Waals surface area contributed by atoms with E-state index >= 15 is 0 Å². The molecular weight excluding hydrogens is 290 g/mol. The van der Waals surface area contributed by atoms with E-state index in [4.69, 9.17) is 11.6 Å². The van der Waals surface area contributed by atoms with Gasteiger partial charge >= 0.3 is 0 Å². The molecule has 1 aliphatic rings. The van der Waals surface area contributed by atoms with Gasteiger partial charge in [0.25, 0.3) is 6.47 Å². The van der Waals surface area contributed by atoms with Crippen LogP contribution in [0.25, 0.3) is 0 Å². The second-order valence-electron chi connectivity index (χ2n) is 7.60. The van der Waals surface area contributed by atoms with Crippen LogP contribution < -0.4 is 0 Å². The maximum Gasteiger partial charge on any atom is 0.293 e. The molecule has 4 nitrogen and oxygen atoms in total. The number of ether oxygens (including phenoxy) is 1. The summed E-state index contributed by atoms with van der Waals surface area (Å²) in [6.45, 7) is 14.5. The Balaban J connectivity index is 0.000000486. The number of nitrogens with zero attached hydrogens (tertiary/aromatic N) is 1. The van der Waals surface area contributed by atoms with E-state index in [2.05, 4.69) is 30.4 Å². The molecule has 0 unspecified atom stereocenters. The van der Waals surface area contributed by atoms with Gasteiger partial charge in [-0.15, -0.1) is 11.6 Å². The van der Waals surface area contributed by atoms with E-state index in [1.165, 1.54) is 0 Å². The fourth-order valence-corrected chi connectivity index (χ4v) is 2.38. The third-order valence-corrected chi connectivity index (χ3v) is 4.16. The van der Waals surface area contributed by atoms with Gasteiger partial charge in [0, 0.05) is 16.8 Å². The minimum Gasteiger partial charge on any atom is -0.462 e. The maximum absolute atomic E-state index is 11.0. The van der Waals surface area contributed by atoms with Gasteiger partial charge in [0.15, 0.2) is 0 Å². The first-order chi connectivity index (χ1) is 9.49. The molecule has 124 valence electrons. The second-order valence-corrected chi connectivity index (χ2v) is 7.87. The summed E-state index contributed by atoms with van der Waals surface area (Å²) in [5.41, 5.74) is -0.355. The Morgan fingerprint density at radius 2 is 1.57 bits per heavy atom. The Kier molecular flexibility index (Phi) is 7.90. The van der Waals surface area contributed by atoms with Crippen molar-refractivity contribution in [2.75, 3.05) is 19.0 Å². The number of hydrogen-bond donors (Lipinski definition) is 0. The zero-order valence-electron chi connectivity index (χ0n) is 14.2. The first-order valence-corrected chi connectivity index (χ1v) is 7.92. The zero-order chi connectivity index (χ0) is 16.7. The van der Waals surface area contributed by atoms with E-state index in [1.54, 1.807) is 0 Å². The van der Waals surface area contributed by atoms with Crippen molar-refractivity contribution in [3.05, 3.63) is 0 Å². The minimum absolute atomic E-state index is 0.210. The molecule has 0 aromatic heterocycles. The molecule has 5 heteroatoms. The van der Waals surface area contributed by atoms with Gasteiger partial charge in [0.2, 0.25) is 0 Å². The summed E-state index contributed by atoms with van der Waals surface area (Å²) in [5.74, 6) is 0.467. The zero-order valence-corrected chi connectivity index (χ0v) is 15.0. The van der Waals surface area contributed by atoms with Crippen molar-refractivity contribution >= 4 is 24.4 Å². The van der Waals surface area contributed by atoms with Gasteiger partial charge in [0.05, 0.1) is 0 Å². The Morgan fingerprint density at radius 1 is 1.10 bits per heavy atom. The van der Waals surface area contributed by atoms with Crippen molar-refractivity contribution in [3.63, 3.8) is 0 Å². The van der Waals surface area contributed by atoms with E-state index in [1.807, 2.05) is 20.8 Å². The summed E-state index contributed by atoms with van der Waals surface area (Å²) in [6.07, 6.45) is 2.86. The van der Waals surface area contributed by atoms with Crippen molar-refractivity contribution in [2.24, 2.45) is 5.41 Å². The minimum atomic E-state index is -0.318. The molecule has 0 aromatic rings. The van der Waals surface area contributed by atoms with E-state index < -0.39 is 0 Å². The number of rotatable bonds is 3. The number of halogens is 1. The summed E-state index contributed by atoms with van der Waals surface area (Å²) in [5, 5.41) is 0. The topological polar surface area (TPSA) is 46.6 Å². The van der Waals surface area contributed by atoms with Crippen molar-refractivity contribution in [1.29, 1.82) is 0 Å². The lowest BCUT2D eigenvalue weighted by Gasteiger charge is -2.43. The smallest absolute Gasteiger partial charge is 0.293 e. The van der Waals surface area contributed by atoms with Crippen LogP contribution in [0.2, 0.25) is 0 Å². The molecule has 0 aliphatic carbocycles. The van der Waals surface area contributed by atoms with Crippen molar-refractivity contribution < 1.29 is 14.3 Å². The van der Waals surface area contributed by atoms with Gasteiger partial charge in [-0.1, -0.05) is 0 Å². The van der Waals surface area contributed by atoms with Crippen LogP contribution in [0, 0.1) is 5.41 Å². The lowest BCUT2D eigenvalue weighted by molar-refractivity contribution is -0.138. The first-order valence-electron chi connectivity index (χ1n) is 7.38. The van der Waals surface area contributed by atoms with E-state index in [9.17, 15) is 9.59 Å². The summed E-state index contributed by atoms with van der Waals surface area (Å²) >= 11 is 5.85. The summed E-state index contributed by atoms with van der Waals surface area (Å²) < 4.78 is 4.55. The van der Waals surface area contributed by atoms with Crippen LogP contribution in [0.15, 0.2) is 0 Å². The molecule has 0 radical (unpaired) electrons. The van der Waals surface area contributed by atoms with Gasteiger partial charge in [-0.25, -0.2) is 0 Å². The number of aldehydes is 1. The Labute approximate surface area is 134 Å². The lowest BCUT2D eigenvalue weighted by atomic mass is 9.80. The lowest BCUT2D eigenvalue weighted by Crippen LogP contribution is -2.50. The highest BCUT2D eigenvalue weighted by atomic mass is 35.5. The Morgan fingerprint density at radius 3 is 1.76 bits per heavy atom. The molecule has 1 rings (SSSR count). The molecule has 1 aliphatic heterocycles. The predicted octanol–water partition coefficient (Wildman–Crippen LogP) is 3.26. The van der Waals surface area contributed by atoms with E-state index in [-0.39, 0.29) is 16.6 Å². The van der Waals surface area contributed by atoms with Crippen LogP contribution in [-0.2, 0) is 14.3 Å². The largest absolute Gasteiger partial charge is 0.462 e. The summed E-state index contributed by atoms with van der Waals surface area (Å²) in [4.78, 5) is 23.0. The predicted molar refractivity (Wildman–Crippen MR) is 86.7 cm³/mol. The average Bonchev–Trinajstić information content (AvgIpc) is 2.37. The molecule has 0 saturated carbocycles. The van der Waals surface area contributed by atoms with E-state index in [0.717, 1.165) is 32.2 Å². The number of piperidine rings is 1. The highest BCUT2D eigenvalue weighted by Crippen LogP contribution is 2.33. The number of hydrogen-bond acceptors (Lipinski definition) is 4. The number of likely N-dealkylation sites (tertiary alicyclic amines) is 1.